The zero-order valence-electron chi connectivity index (χ0n) is 13.3. The second kappa shape index (κ2) is 7.87. The van der Waals surface area contributed by atoms with Crippen LogP contribution < -0.4 is 0 Å². The van der Waals surface area contributed by atoms with Crippen LogP contribution in [0, 0.1) is 6.92 Å². The van der Waals surface area contributed by atoms with Crippen LogP contribution in [0.2, 0.25) is 0 Å². The maximum absolute atomic E-state index is 12.2. The predicted octanol–water partition coefficient (Wildman–Crippen LogP) is 2.78. The first-order valence-electron chi connectivity index (χ1n) is 7.44. The number of nitrogens with zero attached hydrogens (tertiary/aromatic N) is 2. The molecule has 0 radical (unpaired) electrons. The molecule has 0 spiro atoms. The van der Waals surface area contributed by atoms with Gasteiger partial charge in [-0.2, -0.15) is 0 Å². The van der Waals surface area contributed by atoms with Crippen LogP contribution in [0.1, 0.15) is 32.2 Å². The lowest BCUT2D eigenvalue weighted by molar-refractivity contribution is -0.129. The van der Waals surface area contributed by atoms with E-state index < -0.39 is 5.97 Å². The van der Waals surface area contributed by atoms with Crippen LogP contribution in [0.5, 0.6) is 0 Å². The summed E-state index contributed by atoms with van der Waals surface area (Å²) in [6.07, 6.45) is 3.32. The number of aryl methyl sites for hydroxylation is 2. The van der Waals surface area contributed by atoms with E-state index in [0.717, 1.165) is 11.4 Å². The van der Waals surface area contributed by atoms with E-state index in [2.05, 4.69) is 4.98 Å². The number of amides is 1. The average Bonchev–Trinajstić information content (AvgIpc) is 2.95. The van der Waals surface area contributed by atoms with Crippen LogP contribution >= 0.6 is 11.3 Å². The number of hydrogen-bond donors (Lipinski definition) is 1. The molecule has 0 unspecified atom stereocenters. The quantitative estimate of drug-likeness (QED) is 0.846. The molecule has 5 nitrogen and oxygen atoms in total. The lowest BCUT2D eigenvalue weighted by atomic mass is 10.0. The van der Waals surface area contributed by atoms with E-state index in [4.69, 9.17) is 5.11 Å². The molecule has 122 valence electrons. The number of carbonyl (C=O) groups is 2. The van der Waals surface area contributed by atoms with E-state index >= 15 is 0 Å². The molecule has 2 rings (SSSR count). The standard InChI is InChI=1S/C17H20N2O3S/c1-12-11-18-15(23-12)9-10-19(2)16(20)8-7-13-5-3-4-6-14(13)17(21)22/h3-6,11H,7-10H2,1-2H3,(H,21,22). The van der Waals surface area contributed by atoms with Gasteiger partial charge in [-0.15, -0.1) is 11.3 Å². The molecule has 2 aromatic rings. The molecule has 0 aliphatic carbocycles. The summed E-state index contributed by atoms with van der Waals surface area (Å²) in [4.78, 5) is 30.5. The van der Waals surface area contributed by atoms with Crippen molar-refractivity contribution in [2.24, 2.45) is 0 Å². The van der Waals surface area contributed by atoms with Crippen molar-refractivity contribution in [2.75, 3.05) is 13.6 Å². The normalized spacial score (nSPS) is 10.5. The van der Waals surface area contributed by atoms with Gasteiger partial charge in [0.15, 0.2) is 0 Å². The highest BCUT2D eigenvalue weighted by Crippen LogP contribution is 2.14. The van der Waals surface area contributed by atoms with Crippen LogP contribution in [0.15, 0.2) is 30.5 Å². The molecule has 1 heterocycles. The summed E-state index contributed by atoms with van der Waals surface area (Å²) in [6.45, 7) is 2.63. The fraction of sp³-hybridized carbons (Fsp3) is 0.353. The maximum atomic E-state index is 12.2. The highest BCUT2D eigenvalue weighted by atomic mass is 32.1. The molecule has 6 heteroatoms. The summed E-state index contributed by atoms with van der Waals surface area (Å²) < 4.78 is 0. The second-order valence-electron chi connectivity index (χ2n) is 5.39. The number of carboxylic acid groups (broad SMARTS) is 1. The van der Waals surface area contributed by atoms with Gasteiger partial charge in [-0.1, -0.05) is 18.2 Å². The third-order valence-corrected chi connectivity index (χ3v) is 4.58. The molecule has 1 N–H and O–H groups in total. The molecular weight excluding hydrogens is 312 g/mol. The number of likely N-dealkylation sites (N-methyl/N-ethyl adjacent to an activating group) is 1. The Bertz CT molecular complexity index is 697. The lowest BCUT2D eigenvalue weighted by Gasteiger charge is -2.16. The largest absolute Gasteiger partial charge is 0.478 e. The van der Waals surface area contributed by atoms with E-state index in [1.54, 1.807) is 47.5 Å². The summed E-state index contributed by atoms with van der Waals surface area (Å²) in [6, 6.07) is 6.81. The maximum Gasteiger partial charge on any atom is 0.335 e. The molecule has 0 bridgehead atoms. The molecular formula is C17H20N2O3S. The SMILES string of the molecule is Cc1cnc(CCN(C)C(=O)CCc2ccccc2C(=O)O)s1. The van der Waals surface area contributed by atoms with Gasteiger partial charge in [0.05, 0.1) is 10.6 Å². The summed E-state index contributed by atoms with van der Waals surface area (Å²) in [7, 11) is 1.77. The smallest absolute Gasteiger partial charge is 0.335 e. The van der Waals surface area contributed by atoms with Gasteiger partial charge in [-0.25, -0.2) is 9.78 Å². The van der Waals surface area contributed by atoms with E-state index in [9.17, 15) is 9.59 Å². The van der Waals surface area contributed by atoms with Crippen molar-refractivity contribution in [2.45, 2.75) is 26.2 Å². The van der Waals surface area contributed by atoms with Crippen molar-refractivity contribution in [3.8, 4) is 0 Å². The van der Waals surface area contributed by atoms with E-state index in [1.165, 1.54) is 4.88 Å². The van der Waals surface area contributed by atoms with Crippen molar-refractivity contribution in [1.29, 1.82) is 0 Å². The fourth-order valence-corrected chi connectivity index (χ4v) is 3.06. The first-order chi connectivity index (χ1) is 11.0. The Morgan fingerprint density at radius 2 is 2.00 bits per heavy atom. The fourth-order valence-electron chi connectivity index (χ4n) is 2.28. The van der Waals surface area contributed by atoms with Gasteiger partial charge in [0.25, 0.3) is 0 Å². The Morgan fingerprint density at radius 1 is 1.26 bits per heavy atom. The molecule has 0 aliphatic heterocycles. The Balaban J connectivity index is 1.85. The van der Waals surface area contributed by atoms with Crippen LogP contribution in [0.4, 0.5) is 0 Å². The molecule has 0 atom stereocenters. The molecule has 23 heavy (non-hydrogen) atoms. The number of aromatic carboxylic acids is 1. The van der Waals surface area contributed by atoms with Crippen molar-refractivity contribution in [3.05, 3.63) is 51.5 Å². The molecule has 1 aromatic carbocycles. The summed E-state index contributed by atoms with van der Waals surface area (Å²) in [5.41, 5.74) is 0.957. The molecule has 0 saturated carbocycles. The minimum absolute atomic E-state index is 0.0125. The van der Waals surface area contributed by atoms with Crippen LogP contribution in [0.25, 0.3) is 0 Å². The van der Waals surface area contributed by atoms with Crippen molar-refractivity contribution in [1.82, 2.24) is 9.88 Å². The average molecular weight is 332 g/mol. The minimum Gasteiger partial charge on any atom is -0.478 e. The number of carbonyl (C=O) groups excluding carboxylic acids is 1. The summed E-state index contributed by atoms with van der Waals surface area (Å²) >= 11 is 1.64. The Kier molecular flexibility index (Phi) is 5.87. The monoisotopic (exact) mass is 332 g/mol. The van der Waals surface area contributed by atoms with Crippen molar-refractivity contribution in [3.63, 3.8) is 0 Å². The number of benzene rings is 1. The zero-order valence-corrected chi connectivity index (χ0v) is 14.1. The Labute approximate surface area is 139 Å². The molecule has 1 aromatic heterocycles. The lowest BCUT2D eigenvalue weighted by Crippen LogP contribution is -2.29. The Hall–Kier alpha value is -2.21. The van der Waals surface area contributed by atoms with Crippen LogP contribution in [-0.2, 0) is 17.6 Å². The van der Waals surface area contributed by atoms with Crippen molar-refractivity contribution >= 4 is 23.2 Å². The number of rotatable bonds is 7. The molecule has 0 saturated heterocycles. The number of aromatic nitrogens is 1. The number of carboxylic acids is 1. The first-order valence-corrected chi connectivity index (χ1v) is 8.25. The molecule has 1 amide bonds. The van der Waals surface area contributed by atoms with Gasteiger partial charge in [-0.05, 0) is 25.0 Å². The number of thiazole rings is 1. The minimum atomic E-state index is -0.958. The molecule has 0 fully saturated rings. The van der Waals surface area contributed by atoms with Gasteiger partial charge in [0, 0.05) is 37.5 Å². The molecule has 0 aliphatic rings. The van der Waals surface area contributed by atoms with Crippen molar-refractivity contribution < 1.29 is 14.7 Å². The zero-order chi connectivity index (χ0) is 16.8. The highest BCUT2D eigenvalue weighted by Gasteiger charge is 2.13. The summed E-state index contributed by atoms with van der Waals surface area (Å²) in [5, 5.41) is 10.2. The predicted molar refractivity (Wildman–Crippen MR) is 89.9 cm³/mol. The first kappa shape index (κ1) is 17.1. The van der Waals surface area contributed by atoms with Gasteiger partial charge in [-0.3, -0.25) is 4.79 Å². The van der Waals surface area contributed by atoms with Crippen LogP contribution in [-0.4, -0.2) is 40.5 Å². The van der Waals surface area contributed by atoms with Gasteiger partial charge in [0.2, 0.25) is 5.91 Å². The second-order valence-corrected chi connectivity index (χ2v) is 6.71. The topological polar surface area (TPSA) is 70.5 Å². The highest BCUT2D eigenvalue weighted by molar-refractivity contribution is 7.11. The third-order valence-electron chi connectivity index (χ3n) is 3.61. The van der Waals surface area contributed by atoms with Crippen LogP contribution in [0.3, 0.4) is 0 Å². The third kappa shape index (κ3) is 4.89. The van der Waals surface area contributed by atoms with Gasteiger partial charge in [0.1, 0.15) is 0 Å². The Morgan fingerprint density at radius 3 is 2.65 bits per heavy atom. The van der Waals surface area contributed by atoms with E-state index in [0.29, 0.717) is 24.9 Å². The van der Waals surface area contributed by atoms with E-state index in [-0.39, 0.29) is 11.5 Å². The summed E-state index contributed by atoms with van der Waals surface area (Å²) in [5.74, 6) is -0.945. The number of hydrogen-bond acceptors (Lipinski definition) is 4. The van der Waals surface area contributed by atoms with Gasteiger partial charge < -0.3 is 10.0 Å². The van der Waals surface area contributed by atoms with E-state index in [1.807, 2.05) is 13.1 Å². The van der Waals surface area contributed by atoms with Gasteiger partial charge >= 0.3 is 5.97 Å².